The molecule has 1 heterocycles. The quantitative estimate of drug-likeness (QED) is 0.169. The number of hydrogen-bond acceptors (Lipinski definition) is 1. The van der Waals surface area contributed by atoms with E-state index >= 15 is 0 Å². The molecule has 0 atom stereocenters. The second kappa shape index (κ2) is 11.6. The van der Waals surface area contributed by atoms with Crippen LogP contribution in [-0.2, 0) is 6.42 Å². The largest absolute Gasteiger partial charge is 0.455 e. The predicted molar refractivity (Wildman–Crippen MR) is 212 cm³/mol. The van der Waals surface area contributed by atoms with Gasteiger partial charge in [0, 0.05) is 16.3 Å². The summed E-state index contributed by atoms with van der Waals surface area (Å²) in [5.74, 6) is 0. The van der Waals surface area contributed by atoms with E-state index < -0.39 is 85.0 Å². The fraction of sp³-hybridized carbons (Fsp3) is 0.0204. The van der Waals surface area contributed by atoms with E-state index in [4.69, 9.17) is 16.8 Å². The molecule has 0 aliphatic rings. The summed E-state index contributed by atoms with van der Waals surface area (Å²) in [6.07, 6.45) is -0.486. The molecule has 10 aromatic rings. The van der Waals surface area contributed by atoms with Gasteiger partial charge in [0.1, 0.15) is 11.2 Å². The molecule has 50 heavy (non-hydrogen) atoms. The van der Waals surface area contributed by atoms with Gasteiger partial charge in [-0.25, -0.2) is 0 Å². The highest BCUT2D eigenvalue weighted by Gasteiger charge is 2.17. The Morgan fingerprint density at radius 1 is 0.440 bits per heavy atom. The molecule has 0 spiro atoms. The minimum Gasteiger partial charge on any atom is -0.455 e. The summed E-state index contributed by atoms with van der Waals surface area (Å²) in [7, 11) is 0. The number of hydrogen-bond donors (Lipinski definition) is 0. The van der Waals surface area contributed by atoms with Crippen LogP contribution in [0.2, 0.25) is 0 Å². The van der Waals surface area contributed by atoms with Gasteiger partial charge in [-0.3, -0.25) is 0 Å². The zero-order valence-corrected chi connectivity index (χ0v) is 26.4. The van der Waals surface area contributed by atoms with Crippen molar-refractivity contribution in [2.75, 3.05) is 0 Å². The van der Waals surface area contributed by atoms with Crippen molar-refractivity contribution in [1.82, 2.24) is 0 Å². The maximum absolute atomic E-state index is 9.27. The standard InChI is InChI=1S/C49H32O/c1-3-12-32(13-4-1)28-46-40-16-7-9-18-43(40)48(44-19-10-8-17-41(44)46)38-25-23-34-29-37(24-22-35(34)30-38)39-20-11-21-45-42-27-26-36(31-47(42)50-49(39)45)33-14-5-2-6-15-33/h1-27,29-31H,28H2/i1D,3D,4D,7D,8D,9D,10D,12D,13D,16D,17D,18D,19D. The van der Waals surface area contributed by atoms with Gasteiger partial charge in [0.2, 0.25) is 0 Å². The van der Waals surface area contributed by atoms with Crippen LogP contribution in [0.4, 0.5) is 0 Å². The molecule has 0 aliphatic carbocycles. The fourth-order valence-corrected chi connectivity index (χ4v) is 7.11. The van der Waals surface area contributed by atoms with E-state index in [1.54, 1.807) is 6.07 Å². The molecule has 1 aromatic heterocycles. The van der Waals surface area contributed by atoms with Crippen molar-refractivity contribution in [2.45, 2.75) is 6.42 Å². The number of benzene rings is 9. The molecule has 0 bridgehead atoms. The first kappa shape index (κ1) is 18.4. The van der Waals surface area contributed by atoms with Crippen molar-refractivity contribution in [1.29, 1.82) is 0 Å². The van der Waals surface area contributed by atoms with E-state index in [1.807, 2.05) is 72.8 Å². The van der Waals surface area contributed by atoms with Gasteiger partial charge in [-0.1, -0.05) is 157 Å². The summed E-state index contributed by atoms with van der Waals surface area (Å²) in [6.45, 7) is 0. The molecular formula is C49H32O. The Bertz CT molecular complexity index is 3520. The van der Waals surface area contributed by atoms with Crippen molar-refractivity contribution >= 4 is 54.3 Å². The van der Waals surface area contributed by atoms with Crippen LogP contribution in [0.15, 0.2) is 186 Å². The third kappa shape index (κ3) is 4.70. The summed E-state index contributed by atoms with van der Waals surface area (Å²) in [5.41, 5.74) is 5.77. The normalized spacial score (nSPS) is 15.3. The SMILES string of the molecule is [2H]c1c([2H])c([2H])c(Cc2c3c([2H])c([2H])c([2H])c([2H])c3c(-c3ccc4cc(-c5cccc6c5oc5cc(-c7ccccc7)ccc56)ccc4c3)c3c([2H])c([2H])c([2H])c([2H])c23)c([2H])c1[2H]. The Labute approximate surface area is 308 Å². The van der Waals surface area contributed by atoms with Gasteiger partial charge < -0.3 is 4.42 Å². The molecule has 0 saturated carbocycles. The van der Waals surface area contributed by atoms with Gasteiger partial charge in [-0.2, -0.15) is 0 Å². The van der Waals surface area contributed by atoms with E-state index in [-0.39, 0.29) is 38.2 Å². The van der Waals surface area contributed by atoms with Gasteiger partial charge in [0.25, 0.3) is 0 Å². The molecular weight excluding hydrogens is 605 g/mol. The number of furan rings is 1. The first-order valence-corrected chi connectivity index (χ1v) is 16.2. The van der Waals surface area contributed by atoms with Gasteiger partial charge >= 0.3 is 0 Å². The predicted octanol–water partition coefficient (Wildman–Crippen LogP) is 13.6. The summed E-state index contributed by atoms with van der Waals surface area (Å²) < 4.78 is 121. The lowest BCUT2D eigenvalue weighted by atomic mass is 9.86. The Morgan fingerprint density at radius 3 is 1.82 bits per heavy atom. The van der Waals surface area contributed by atoms with Crippen LogP contribution in [0.1, 0.15) is 28.9 Å². The summed E-state index contributed by atoms with van der Waals surface area (Å²) in [5, 5.41) is 3.33. The molecule has 0 unspecified atom stereocenters. The van der Waals surface area contributed by atoms with Crippen molar-refractivity contribution in [2.24, 2.45) is 0 Å². The highest BCUT2D eigenvalue weighted by Crippen LogP contribution is 2.42. The highest BCUT2D eigenvalue weighted by atomic mass is 16.3. The Kier molecular flexibility index (Phi) is 4.26. The minimum atomic E-state index is -0.615. The van der Waals surface area contributed by atoms with Gasteiger partial charge in [0.05, 0.1) is 17.8 Å². The lowest BCUT2D eigenvalue weighted by molar-refractivity contribution is 0.670. The van der Waals surface area contributed by atoms with E-state index in [1.165, 1.54) is 0 Å². The Hall–Kier alpha value is -6.44. The maximum atomic E-state index is 9.27. The van der Waals surface area contributed by atoms with E-state index in [0.717, 1.165) is 55.0 Å². The molecule has 0 radical (unpaired) electrons. The third-order valence-corrected chi connectivity index (χ3v) is 9.43. The van der Waals surface area contributed by atoms with Crippen LogP contribution in [0.25, 0.3) is 87.6 Å². The molecule has 0 aliphatic heterocycles. The fourth-order valence-electron chi connectivity index (χ4n) is 7.11. The molecule has 1 heteroatoms. The first-order chi connectivity index (χ1) is 30.2. The first-order valence-electron chi connectivity index (χ1n) is 22.7. The molecule has 234 valence electrons. The van der Waals surface area contributed by atoms with E-state index in [2.05, 4.69) is 24.3 Å². The van der Waals surface area contributed by atoms with Crippen LogP contribution < -0.4 is 0 Å². The summed E-state index contributed by atoms with van der Waals surface area (Å²) in [4.78, 5) is 0. The van der Waals surface area contributed by atoms with Crippen molar-refractivity contribution < 1.29 is 22.2 Å². The molecule has 10 rings (SSSR count). The second-order valence-electron chi connectivity index (χ2n) is 12.3. The van der Waals surface area contributed by atoms with Gasteiger partial charge in [0.15, 0.2) is 0 Å². The van der Waals surface area contributed by atoms with Crippen LogP contribution >= 0.6 is 0 Å². The van der Waals surface area contributed by atoms with Crippen molar-refractivity contribution in [3.63, 3.8) is 0 Å². The number of rotatable bonds is 5. The minimum absolute atomic E-state index is 0.0113. The van der Waals surface area contributed by atoms with Crippen LogP contribution in [0.5, 0.6) is 0 Å². The van der Waals surface area contributed by atoms with Crippen molar-refractivity contribution in [3.05, 3.63) is 193 Å². The molecule has 0 N–H and O–H groups in total. The Morgan fingerprint density at radius 2 is 1.08 bits per heavy atom. The topological polar surface area (TPSA) is 13.1 Å². The zero-order valence-electron chi connectivity index (χ0n) is 39.4. The molecule has 1 nitrogen and oxygen atoms in total. The average Bonchev–Trinajstić information content (AvgIpc) is 3.69. The molecule has 0 saturated heterocycles. The van der Waals surface area contributed by atoms with Crippen LogP contribution in [0.3, 0.4) is 0 Å². The zero-order chi connectivity index (χ0) is 44.3. The molecule has 0 amide bonds. The second-order valence-corrected chi connectivity index (χ2v) is 12.3. The van der Waals surface area contributed by atoms with Crippen LogP contribution in [-0.4, -0.2) is 0 Å². The van der Waals surface area contributed by atoms with Gasteiger partial charge in [-0.05, 0) is 102 Å². The lowest BCUT2D eigenvalue weighted by Crippen LogP contribution is -1.95. The van der Waals surface area contributed by atoms with Gasteiger partial charge in [-0.15, -0.1) is 0 Å². The Balaban J connectivity index is 1.20. The molecule has 0 fully saturated rings. The van der Waals surface area contributed by atoms with E-state index in [0.29, 0.717) is 5.56 Å². The number of para-hydroxylation sites is 1. The van der Waals surface area contributed by atoms with Crippen molar-refractivity contribution in [3.8, 4) is 33.4 Å². The highest BCUT2D eigenvalue weighted by molar-refractivity contribution is 6.16. The number of fused-ring (bicyclic) bond motifs is 6. The molecule has 9 aromatic carbocycles. The monoisotopic (exact) mass is 649 g/mol. The summed E-state index contributed by atoms with van der Waals surface area (Å²) >= 11 is 0. The van der Waals surface area contributed by atoms with E-state index in [9.17, 15) is 5.48 Å². The smallest absolute Gasteiger partial charge is 0.143 e. The third-order valence-electron chi connectivity index (χ3n) is 9.43. The average molecular weight is 650 g/mol. The maximum Gasteiger partial charge on any atom is 0.143 e. The van der Waals surface area contributed by atoms with Crippen LogP contribution in [0, 0.1) is 0 Å². The lowest BCUT2D eigenvalue weighted by Gasteiger charge is -2.18. The summed E-state index contributed by atoms with van der Waals surface area (Å²) in [6, 6.07) is 26.6.